The van der Waals surface area contributed by atoms with E-state index >= 15 is 0 Å². The zero-order chi connectivity index (χ0) is 15.2. The molecular formula is C12H12F3NO3S. The molecule has 4 nitrogen and oxygen atoms in total. The first kappa shape index (κ1) is 16.5. The van der Waals surface area contributed by atoms with Gasteiger partial charge < -0.3 is 5.11 Å². The fourth-order valence-corrected chi connectivity index (χ4v) is 2.54. The molecule has 0 heterocycles. The lowest BCUT2D eigenvalue weighted by molar-refractivity contribution is -0.132. The van der Waals surface area contributed by atoms with Gasteiger partial charge in [-0.05, 0) is 12.1 Å². The maximum absolute atomic E-state index is 12.0. The van der Waals surface area contributed by atoms with E-state index in [9.17, 15) is 21.6 Å². The number of alkyl halides is 3. The van der Waals surface area contributed by atoms with Gasteiger partial charge in [-0.2, -0.15) is 13.2 Å². The standard InChI is InChI=1S/C12H12F3NO3S/c13-12(14,15)7-8-16-20(18,19)11-6-2-1-4-10(11)5-3-9-17/h1-2,4,6,16-17H,7-9H2. The number of hydrogen-bond donors (Lipinski definition) is 2. The second kappa shape index (κ2) is 6.74. The van der Waals surface area contributed by atoms with Crippen LogP contribution in [-0.2, 0) is 10.0 Å². The fourth-order valence-electron chi connectivity index (χ4n) is 1.34. The van der Waals surface area contributed by atoms with Crippen LogP contribution in [-0.4, -0.2) is 32.9 Å². The molecule has 0 unspecified atom stereocenters. The summed E-state index contributed by atoms with van der Waals surface area (Å²) in [5.41, 5.74) is 0.112. The van der Waals surface area contributed by atoms with E-state index in [2.05, 4.69) is 11.8 Å². The van der Waals surface area contributed by atoms with Gasteiger partial charge in [0, 0.05) is 12.1 Å². The quantitative estimate of drug-likeness (QED) is 0.823. The summed E-state index contributed by atoms with van der Waals surface area (Å²) in [5, 5.41) is 8.59. The highest BCUT2D eigenvalue weighted by molar-refractivity contribution is 7.89. The number of aliphatic hydroxyl groups is 1. The molecule has 1 aromatic carbocycles. The number of benzene rings is 1. The molecule has 0 radical (unpaired) electrons. The Kier molecular flexibility index (Phi) is 5.56. The van der Waals surface area contributed by atoms with Gasteiger partial charge in [0.15, 0.2) is 0 Å². The van der Waals surface area contributed by atoms with Crippen molar-refractivity contribution in [1.29, 1.82) is 0 Å². The monoisotopic (exact) mass is 307 g/mol. The van der Waals surface area contributed by atoms with Gasteiger partial charge >= 0.3 is 6.18 Å². The minimum Gasteiger partial charge on any atom is -0.384 e. The number of aliphatic hydroxyl groups excluding tert-OH is 1. The number of hydrogen-bond acceptors (Lipinski definition) is 3. The molecule has 0 amide bonds. The van der Waals surface area contributed by atoms with E-state index in [1.165, 1.54) is 24.3 Å². The summed E-state index contributed by atoms with van der Waals surface area (Å²) in [5.74, 6) is 4.73. The van der Waals surface area contributed by atoms with E-state index in [1.807, 2.05) is 4.72 Å². The molecule has 0 bridgehead atoms. The third kappa shape index (κ3) is 5.21. The molecule has 8 heteroatoms. The average Bonchev–Trinajstić information content (AvgIpc) is 2.34. The Morgan fingerprint density at radius 2 is 1.90 bits per heavy atom. The Hall–Kier alpha value is -1.56. The van der Waals surface area contributed by atoms with E-state index in [0.29, 0.717) is 0 Å². The van der Waals surface area contributed by atoms with Crippen LogP contribution in [0.4, 0.5) is 13.2 Å². The van der Waals surface area contributed by atoms with Gasteiger partial charge in [-0.1, -0.05) is 24.0 Å². The van der Waals surface area contributed by atoms with Crippen LogP contribution in [0.3, 0.4) is 0 Å². The molecule has 1 rings (SSSR count). The van der Waals surface area contributed by atoms with Crippen LogP contribution in [0.15, 0.2) is 29.2 Å². The molecule has 0 aromatic heterocycles. The fraction of sp³-hybridized carbons (Fsp3) is 0.333. The third-order valence-corrected chi connectivity index (χ3v) is 3.70. The zero-order valence-corrected chi connectivity index (χ0v) is 11.1. The van der Waals surface area contributed by atoms with E-state index in [4.69, 9.17) is 5.11 Å². The minimum absolute atomic E-state index is 0.112. The van der Waals surface area contributed by atoms with Crippen molar-refractivity contribution in [3.05, 3.63) is 29.8 Å². The first-order valence-corrected chi connectivity index (χ1v) is 7.00. The van der Waals surface area contributed by atoms with E-state index < -0.39 is 35.8 Å². The summed E-state index contributed by atoms with van der Waals surface area (Å²) in [4.78, 5) is -0.219. The van der Waals surface area contributed by atoms with Crippen molar-refractivity contribution in [2.24, 2.45) is 0 Å². The highest BCUT2D eigenvalue weighted by atomic mass is 32.2. The molecule has 0 aliphatic carbocycles. The smallest absolute Gasteiger partial charge is 0.384 e. The van der Waals surface area contributed by atoms with Crippen molar-refractivity contribution < 1.29 is 26.7 Å². The van der Waals surface area contributed by atoms with Gasteiger partial charge in [0.1, 0.15) is 6.61 Å². The molecule has 0 saturated heterocycles. The van der Waals surface area contributed by atoms with Crippen molar-refractivity contribution in [3.8, 4) is 11.8 Å². The average molecular weight is 307 g/mol. The van der Waals surface area contributed by atoms with E-state index in [1.54, 1.807) is 0 Å². The Balaban J connectivity index is 2.93. The first-order valence-electron chi connectivity index (χ1n) is 5.51. The Bertz CT molecular complexity index is 615. The normalized spacial score (nSPS) is 11.8. The highest BCUT2D eigenvalue weighted by Crippen LogP contribution is 2.19. The molecule has 20 heavy (non-hydrogen) atoms. The van der Waals surface area contributed by atoms with E-state index in [0.717, 1.165) is 0 Å². The van der Waals surface area contributed by atoms with Crippen LogP contribution in [0, 0.1) is 11.8 Å². The van der Waals surface area contributed by atoms with Crippen molar-refractivity contribution in [2.45, 2.75) is 17.5 Å². The van der Waals surface area contributed by atoms with Crippen LogP contribution >= 0.6 is 0 Å². The summed E-state index contributed by atoms with van der Waals surface area (Å²) in [6, 6.07) is 5.61. The minimum atomic E-state index is -4.43. The molecular weight excluding hydrogens is 295 g/mol. The number of halogens is 3. The second-order valence-electron chi connectivity index (χ2n) is 3.72. The number of nitrogens with one attached hydrogen (secondary N) is 1. The third-order valence-electron chi connectivity index (χ3n) is 2.18. The van der Waals surface area contributed by atoms with Crippen LogP contribution < -0.4 is 4.72 Å². The lowest BCUT2D eigenvalue weighted by Gasteiger charge is -2.10. The lowest BCUT2D eigenvalue weighted by Crippen LogP contribution is -2.28. The van der Waals surface area contributed by atoms with Crippen LogP contribution in [0.2, 0.25) is 0 Å². The summed E-state index contributed by atoms with van der Waals surface area (Å²) < 4.78 is 61.6. The molecule has 0 spiro atoms. The molecule has 0 saturated carbocycles. The van der Waals surface area contributed by atoms with Crippen molar-refractivity contribution in [3.63, 3.8) is 0 Å². The Labute approximate surface area is 114 Å². The maximum Gasteiger partial charge on any atom is 0.390 e. The topological polar surface area (TPSA) is 66.4 Å². The molecule has 1 aromatic rings. The summed E-state index contributed by atoms with van der Waals surface area (Å²) in [6.45, 7) is -1.19. The van der Waals surface area contributed by atoms with Gasteiger partial charge in [0.2, 0.25) is 10.0 Å². The predicted molar refractivity (Wildman–Crippen MR) is 66.3 cm³/mol. The molecule has 2 N–H and O–H groups in total. The SMILES string of the molecule is O=S(=O)(NCCC(F)(F)F)c1ccccc1C#CCO. The Morgan fingerprint density at radius 1 is 1.25 bits per heavy atom. The van der Waals surface area contributed by atoms with Crippen LogP contribution in [0.5, 0.6) is 0 Å². The number of sulfonamides is 1. The summed E-state index contributed by atoms with van der Waals surface area (Å²) >= 11 is 0. The van der Waals surface area contributed by atoms with Crippen LogP contribution in [0.1, 0.15) is 12.0 Å². The van der Waals surface area contributed by atoms with Crippen LogP contribution in [0.25, 0.3) is 0 Å². The lowest BCUT2D eigenvalue weighted by atomic mass is 10.2. The summed E-state index contributed by atoms with van der Waals surface area (Å²) in [7, 11) is -4.08. The van der Waals surface area contributed by atoms with Gasteiger partial charge in [0.05, 0.1) is 11.3 Å². The van der Waals surface area contributed by atoms with Gasteiger partial charge in [-0.25, -0.2) is 13.1 Å². The van der Waals surface area contributed by atoms with Crippen molar-refractivity contribution in [1.82, 2.24) is 4.72 Å². The molecule has 0 atom stereocenters. The first-order chi connectivity index (χ1) is 9.26. The highest BCUT2D eigenvalue weighted by Gasteiger charge is 2.27. The maximum atomic E-state index is 12.0. The second-order valence-corrected chi connectivity index (χ2v) is 5.45. The molecule has 110 valence electrons. The van der Waals surface area contributed by atoms with Gasteiger partial charge in [0.25, 0.3) is 0 Å². The molecule has 0 aliphatic heterocycles. The van der Waals surface area contributed by atoms with E-state index in [-0.39, 0.29) is 10.5 Å². The van der Waals surface area contributed by atoms with Crippen molar-refractivity contribution in [2.75, 3.05) is 13.2 Å². The summed E-state index contributed by atoms with van der Waals surface area (Å²) in [6.07, 6.45) is -5.69. The largest absolute Gasteiger partial charge is 0.390 e. The Morgan fingerprint density at radius 3 is 2.50 bits per heavy atom. The zero-order valence-electron chi connectivity index (χ0n) is 10.2. The molecule has 0 aliphatic rings. The van der Waals surface area contributed by atoms with Gasteiger partial charge in [-0.3, -0.25) is 0 Å². The predicted octanol–water partition coefficient (Wildman–Crippen LogP) is 1.26. The van der Waals surface area contributed by atoms with Gasteiger partial charge in [-0.15, -0.1) is 0 Å². The van der Waals surface area contributed by atoms with Crippen molar-refractivity contribution >= 4 is 10.0 Å². The number of rotatable bonds is 4. The molecule has 0 fully saturated rings.